The predicted octanol–water partition coefficient (Wildman–Crippen LogP) is 4.56. The topological polar surface area (TPSA) is 70.7 Å². The van der Waals surface area contributed by atoms with Gasteiger partial charge in [-0.3, -0.25) is 9.89 Å². The lowest BCUT2D eigenvalue weighted by Crippen LogP contribution is -2.19. The third-order valence-electron chi connectivity index (χ3n) is 3.56. The minimum atomic E-state index is -0.0656. The Bertz CT molecular complexity index is 850. The Labute approximate surface area is 155 Å². The lowest BCUT2D eigenvalue weighted by atomic mass is 9.86. The van der Waals surface area contributed by atoms with E-state index in [2.05, 4.69) is 41.3 Å². The molecule has 3 aromatic rings. The molecule has 0 atom stereocenters. The number of aromatic nitrogens is 3. The summed E-state index contributed by atoms with van der Waals surface area (Å²) < 4.78 is 0. The lowest BCUT2D eigenvalue weighted by molar-refractivity contribution is -0.113. The maximum atomic E-state index is 12.3. The highest BCUT2D eigenvalue weighted by Crippen LogP contribution is 2.29. The predicted molar refractivity (Wildman–Crippen MR) is 104 cm³/mol. The van der Waals surface area contributed by atoms with Crippen molar-refractivity contribution in [3.63, 3.8) is 0 Å². The van der Waals surface area contributed by atoms with Crippen LogP contribution in [0.2, 0.25) is 0 Å². The SMILES string of the molecule is CC(C)(C)c1ccccc1NC(=O)CSc1n[nH]c(-c2cccs2)n1. The summed E-state index contributed by atoms with van der Waals surface area (Å²) in [5.74, 6) is 0.931. The average molecular weight is 373 g/mol. The number of benzene rings is 1. The van der Waals surface area contributed by atoms with E-state index in [-0.39, 0.29) is 17.1 Å². The van der Waals surface area contributed by atoms with Gasteiger partial charge in [-0.2, -0.15) is 0 Å². The van der Waals surface area contributed by atoms with Crippen LogP contribution in [0.25, 0.3) is 10.7 Å². The number of hydrogen-bond donors (Lipinski definition) is 2. The summed E-state index contributed by atoms with van der Waals surface area (Å²) in [6.07, 6.45) is 0. The lowest BCUT2D eigenvalue weighted by Gasteiger charge is -2.22. The normalized spacial score (nSPS) is 11.5. The van der Waals surface area contributed by atoms with Crippen LogP contribution in [0.5, 0.6) is 0 Å². The first kappa shape index (κ1) is 17.7. The second-order valence-electron chi connectivity index (χ2n) is 6.58. The number of nitrogens with one attached hydrogen (secondary N) is 2. The van der Waals surface area contributed by atoms with Gasteiger partial charge in [0.1, 0.15) is 0 Å². The van der Waals surface area contributed by atoms with Crippen molar-refractivity contribution in [2.24, 2.45) is 0 Å². The molecule has 0 aliphatic heterocycles. The number of H-pyrrole nitrogens is 1. The van der Waals surface area contributed by atoms with Gasteiger partial charge >= 0.3 is 0 Å². The van der Waals surface area contributed by atoms with Gasteiger partial charge in [-0.25, -0.2) is 4.98 Å². The van der Waals surface area contributed by atoms with Crippen molar-refractivity contribution < 1.29 is 4.79 Å². The highest BCUT2D eigenvalue weighted by atomic mass is 32.2. The zero-order valence-corrected chi connectivity index (χ0v) is 16.0. The maximum absolute atomic E-state index is 12.3. The van der Waals surface area contributed by atoms with Gasteiger partial charge in [0.05, 0.1) is 10.6 Å². The van der Waals surface area contributed by atoms with Crippen molar-refractivity contribution in [3.05, 3.63) is 47.3 Å². The number of hydrogen-bond acceptors (Lipinski definition) is 5. The molecule has 0 radical (unpaired) electrons. The van der Waals surface area contributed by atoms with E-state index >= 15 is 0 Å². The van der Waals surface area contributed by atoms with Crippen LogP contribution < -0.4 is 5.32 Å². The molecule has 3 rings (SSSR count). The molecule has 0 spiro atoms. The van der Waals surface area contributed by atoms with Crippen LogP contribution in [-0.4, -0.2) is 26.8 Å². The molecule has 130 valence electrons. The van der Waals surface area contributed by atoms with Crippen LogP contribution in [0.15, 0.2) is 46.9 Å². The maximum Gasteiger partial charge on any atom is 0.234 e. The number of thiophene rings is 1. The van der Waals surface area contributed by atoms with Gasteiger partial charge in [0, 0.05) is 5.69 Å². The molecule has 1 aromatic carbocycles. The van der Waals surface area contributed by atoms with E-state index in [0.717, 1.165) is 22.0 Å². The van der Waals surface area contributed by atoms with E-state index in [1.807, 2.05) is 41.8 Å². The number of para-hydroxylation sites is 1. The molecule has 2 N–H and O–H groups in total. The second kappa shape index (κ2) is 7.41. The zero-order chi connectivity index (χ0) is 17.9. The zero-order valence-electron chi connectivity index (χ0n) is 14.4. The molecule has 7 heteroatoms. The minimum absolute atomic E-state index is 0.0314. The molecule has 5 nitrogen and oxygen atoms in total. The van der Waals surface area contributed by atoms with Crippen molar-refractivity contribution in [1.29, 1.82) is 0 Å². The fourth-order valence-corrected chi connectivity index (χ4v) is 3.66. The fourth-order valence-electron chi connectivity index (χ4n) is 2.40. The molecule has 2 aromatic heterocycles. The van der Waals surface area contributed by atoms with E-state index in [0.29, 0.717) is 5.16 Å². The van der Waals surface area contributed by atoms with Gasteiger partial charge in [-0.1, -0.05) is 56.8 Å². The van der Waals surface area contributed by atoms with E-state index in [1.165, 1.54) is 11.8 Å². The first-order valence-corrected chi connectivity index (χ1v) is 9.78. The van der Waals surface area contributed by atoms with E-state index in [1.54, 1.807) is 11.3 Å². The average Bonchev–Trinajstić information content (AvgIpc) is 3.24. The number of nitrogens with zero attached hydrogens (tertiary/aromatic N) is 2. The molecule has 0 unspecified atom stereocenters. The third kappa shape index (κ3) is 4.49. The summed E-state index contributed by atoms with van der Waals surface area (Å²) in [5, 5.41) is 12.6. The Kier molecular flexibility index (Phi) is 5.24. The second-order valence-corrected chi connectivity index (χ2v) is 8.47. The summed E-state index contributed by atoms with van der Waals surface area (Å²) in [5.41, 5.74) is 1.94. The molecule has 0 aliphatic carbocycles. The first-order valence-electron chi connectivity index (χ1n) is 7.92. The van der Waals surface area contributed by atoms with Crippen molar-refractivity contribution in [2.75, 3.05) is 11.1 Å². The Balaban J connectivity index is 1.61. The van der Waals surface area contributed by atoms with E-state index < -0.39 is 0 Å². The van der Waals surface area contributed by atoms with Crippen LogP contribution in [-0.2, 0) is 10.2 Å². The van der Waals surface area contributed by atoms with Gasteiger partial charge in [-0.05, 0) is 28.5 Å². The number of carbonyl (C=O) groups is 1. The highest BCUT2D eigenvalue weighted by molar-refractivity contribution is 7.99. The van der Waals surface area contributed by atoms with Crippen LogP contribution in [0, 0.1) is 0 Å². The standard InChI is InChI=1S/C18H20N4OS2/c1-18(2,3)12-7-4-5-8-13(12)19-15(23)11-25-17-20-16(21-22-17)14-9-6-10-24-14/h4-10H,11H2,1-3H3,(H,19,23)(H,20,21,22). The Morgan fingerprint density at radius 1 is 1.24 bits per heavy atom. The van der Waals surface area contributed by atoms with Crippen LogP contribution >= 0.6 is 23.1 Å². The Morgan fingerprint density at radius 3 is 2.76 bits per heavy atom. The van der Waals surface area contributed by atoms with Crippen molar-refractivity contribution >= 4 is 34.7 Å². The van der Waals surface area contributed by atoms with Crippen molar-refractivity contribution in [3.8, 4) is 10.7 Å². The molecular weight excluding hydrogens is 352 g/mol. The molecule has 2 heterocycles. The molecule has 25 heavy (non-hydrogen) atoms. The smallest absolute Gasteiger partial charge is 0.234 e. The van der Waals surface area contributed by atoms with Crippen molar-refractivity contribution in [1.82, 2.24) is 15.2 Å². The summed E-state index contributed by atoms with van der Waals surface area (Å²) in [6, 6.07) is 11.9. The third-order valence-corrected chi connectivity index (χ3v) is 5.28. The minimum Gasteiger partial charge on any atom is -0.325 e. The Morgan fingerprint density at radius 2 is 2.04 bits per heavy atom. The number of rotatable bonds is 5. The summed E-state index contributed by atoms with van der Waals surface area (Å²) >= 11 is 2.92. The van der Waals surface area contributed by atoms with Gasteiger partial charge < -0.3 is 5.32 Å². The van der Waals surface area contributed by atoms with E-state index in [9.17, 15) is 4.79 Å². The monoisotopic (exact) mass is 372 g/mol. The Hall–Kier alpha value is -2.12. The van der Waals surface area contributed by atoms with E-state index in [4.69, 9.17) is 0 Å². The highest BCUT2D eigenvalue weighted by Gasteiger charge is 2.18. The number of thioether (sulfide) groups is 1. The largest absolute Gasteiger partial charge is 0.325 e. The number of aromatic amines is 1. The summed E-state index contributed by atoms with van der Waals surface area (Å²) in [6.45, 7) is 6.39. The molecular formula is C18H20N4OS2. The molecule has 1 amide bonds. The van der Waals surface area contributed by atoms with Crippen molar-refractivity contribution in [2.45, 2.75) is 31.3 Å². The molecule has 0 bridgehead atoms. The number of carbonyl (C=O) groups excluding carboxylic acids is 1. The molecule has 0 aliphatic rings. The quantitative estimate of drug-likeness (QED) is 0.644. The number of anilines is 1. The van der Waals surface area contributed by atoms with Gasteiger partial charge in [0.25, 0.3) is 0 Å². The van der Waals surface area contributed by atoms with Crippen LogP contribution in [0.3, 0.4) is 0 Å². The van der Waals surface area contributed by atoms with Gasteiger partial charge in [0.15, 0.2) is 5.82 Å². The fraction of sp³-hybridized carbons (Fsp3) is 0.278. The molecule has 0 saturated carbocycles. The summed E-state index contributed by atoms with van der Waals surface area (Å²) in [4.78, 5) is 17.8. The van der Waals surface area contributed by atoms with Crippen LogP contribution in [0.1, 0.15) is 26.3 Å². The van der Waals surface area contributed by atoms with Gasteiger partial charge in [-0.15, -0.1) is 16.4 Å². The van der Waals surface area contributed by atoms with Gasteiger partial charge in [0.2, 0.25) is 11.1 Å². The first-order chi connectivity index (χ1) is 11.9. The summed E-state index contributed by atoms with van der Waals surface area (Å²) in [7, 11) is 0. The molecule has 0 fully saturated rings. The van der Waals surface area contributed by atoms with Crippen LogP contribution in [0.4, 0.5) is 5.69 Å². The molecule has 0 saturated heterocycles. The number of amides is 1.